The first-order valence-electron chi connectivity index (χ1n) is 5.09. The van der Waals surface area contributed by atoms with Gasteiger partial charge in [0.05, 0.1) is 5.69 Å². The molecule has 0 aliphatic heterocycles. The van der Waals surface area contributed by atoms with Crippen molar-refractivity contribution >= 4 is 11.7 Å². The summed E-state index contributed by atoms with van der Waals surface area (Å²) in [5.74, 6) is -1.96. The van der Waals surface area contributed by atoms with Gasteiger partial charge in [-0.15, -0.1) is 13.2 Å². The van der Waals surface area contributed by atoms with Gasteiger partial charge in [0.2, 0.25) is 0 Å². The van der Waals surface area contributed by atoms with Crippen LogP contribution in [0.15, 0.2) is 18.2 Å². The van der Waals surface area contributed by atoms with Crippen LogP contribution in [-0.4, -0.2) is 36.6 Å². The lowest BCUT2D eigenvalue weighted by atomic mass is 10.1. The molecule has 0 radical (unpaired) electrons. The highest BCUT2D eigenvalue weighted by molar-refractivity contribution is 5.75. The highest BCUT2D eigenvalue weighted by Gasteiger charge is 2.32. The molecule has 0 spiro atoms. The first-order valence-corrected chi connectivity index (χ1v) is 5.09. The number of hydrogen-bond acceptors (Lipinski definition) is 4. The molecular weight excluding hydrogens is 267 g/mol. The Kier molecular flexibility index (Phi) is 4.25. The monoisotopic (exact) mass is 279 g/mol. The number of alkyl halides is 3. The van der Waals surface area contributed by atoms with E-state index in [0.29, 0.717) is 0 Å². The molecular formula is C11H12F3NO4. The molecule has 1 aromatic carbocycles. The predicted molar refractivity (Wildman–Crippen MR) is 60.0 cm³/mol. The van der Waals surface area contributed by atoms with E-state index in [1.54, 1.807) is 0 Å². The van der Waals surface area contributed by atoms with Gasteiger partial charge >= 0.3 is 12.3 Å². The Labute approximate surface area is 106 Å². The van der Waals surface area contributed by atoms with E-state index in [9.17, 15) is 23.1 Å². The normalized spacial score (nSPS) is 12.9. The van der Waals surface area contributed by atoms with E-state index in [-0.39, 0.29) is 11.3 Å². The third-order valence-electron chi connectivity index (χ3n) is 2.24. The fourth-order valence-corrected chi connectivity index (χ4v) is 1.41. The van der Waals surface area contributed by atoms with Crippen LogP contribution >= 0.6 is 0 Å². The maximum Gasteiger partial charge on any atom is 0.573 e. The molecule has 0 heterocycles. The van der Waals surface area contributed by atoms with Gasteiger partial charge in [0, 0.05) is 14.1 Å². The molecule has 0 saturated carbocycles. The maximum atomic E-state index is 12.2. The molecule has 1 atom stereocenters. The SMILES string of the molecule is CN(C)c1cc(C(O)C(=O)O)ccc1OC(F)(F)F. The molecule has 0 aromatic heterocycles. The number of nitrogens with zero attached hydrogens (tertiary/aromatic N) is 1. The Morgan fingerprint density at radius 3 is 2.37 bits per heavy atom. The van der Waals surface area contributed by atoms with Crippen molar-refractivity contribution < 1.29 is 32.9 Å². The lowest BCUT2D eigenvalue weighted by Gasteiger charge is -2.20. The topological polar surface area (TPSA) is 70.0 Å². The predicted octanol–water partition coefficient (Wildman–Crippen LogP) is 1.77. The van der Waals surface area contributed by atoms with E-state index in [4.69, 9.17) is 5.11 Å². The number of anilines is 1. The van der Waals surface area contributed by atoms with Crippen LogP contribution in [0.1, 0.15) is 11.7 Å². The van der Waals surface area contributed by atoms with Crippen molar-refractivity contribution in [3.63, 3.8) is 0 Å². The zero-order chi connectivity index (χ0) is 14.8. The molecule has 0 aliphatic rings. The van der Waals surface area contributed by atoms with E-state index < -0.39 is 24.2 Å². The maximum absolute atomic E-state index is 12.2. The second-order valence-corrected chi connectivity index (χ2v) is 3.91. The van der Waals surface area contributed by atoms with Crippen LogP contribution in [0.25, 0.3) is 0 Å². The number of aliphatic carboxylic acids is 1. The van der Waals surface area contributed by atoms with Gasteiger partial charge in [0.1, 0.15) is 0 Å². The van der Waals surface area contributed by atoms with E-state index in [1.807, 2.05) is 0 Å². The second-order valence-electron chi connectivity index (χ2n) is 3.91. The van der Waals surface area contributed by atoms with Gasteiger partial charge < -0.3 is 19.8 Å². The third-order valence-corrected chi connectivity index (χ3v) is 2.24. The summed E-state index contributed by atoms with van der Waals surface area (Å²) in [4.78, 5) is 11.9. The van der Waals surface area contributed by atoms with Crippen molar-refractivity contribution in [1.29, 1.82) is 0 Å². The van der Waals surface area contributed by atoms with E-state index in [1.165, 1.54) is 19.0 Å². The van der Waals surface area contributed by atoms with Crippen LogP contribution in [0.3, 0.4) is 0 Å². The minimum atomic E-state index is -4.85. The summed E-state index contributed by atoms with van der Waals surface area (Å²) >= 11 is 0. The standard InChI is InChI=1S/C11H12F3NO4/c1-15(2)7-5-6(9(16)10(17)18)3-4-8(7)19-11(12,13)14/h3-5,9,16H,1-2H3,(H,17,18). The first kappa shape index (κ1) is 15.1. The number of ether oxygens (including phenoxy) is 1. The van der Waals surface area contributed by atoms with Gasteiger partial charge in [-0.2, -0.15) is 0 Å². The number of carboxylic acids is 1. The van der Waals surface area contributed by atoms with Crippen LogP contribution in [-0.2, 0) is 4.79 Å². The molecule has 0 fully saturated rings. The van der Waals surface area contributed by atoms with Crippen LogP contribution < -0.4 is 9.64 Å². The smallest absolute Gasteiger partial charge is 0.479 e. The summed E-state index contributed by atoms with van der Waals surface area (Å²) in [5.41, 5.74) is -0.0270. The number of carboxylic acid groups (broad SMARTS) is 1. The largest absolute Gasteiger partial charge is 0.573 e. The van der Waals surface area contributed by atoms with Gasteiger partial charge in [-0.05, 0) is 17.7 Å². The highest BCUT2D eigenvalue weighted by atomic mass is 19.4. The lowest BCUT2D eigenvalue weighted by Crippen LogP contribution is -2.20. The van der Waals surface area contributed by atoms with Gasteiger partial charge in [-0.1, -0.05) is 6.07 Å². The van der Waals surface area contributed by atoms with Crippen molar-refractivity contribution in [2.24, 2.45) is 0 Å². The quantitative estimate of drug-likeness (QED) is 0.879. The first-order chi connectivity index (χ1) is 8.61. The second kappa shape index (κ2) is 5.35. The number of carbonyl (C=O) groups is 1. The summed E-state index contributed by atoms with van der Waals surface area (Å²) in [6.45, 7) is 0. The summed E-state index contributed by atoms with van der Waals surface area (Å²) in [5, 5.41) is 18.0. The minimum Gasteiger partial charge on any atom is -0.479 e. The summed E-state index contributed by atoms with van der Waals surface area (Å²) in [7, 11) is 2.94. The number of hydrogen-bond donors (Lipinski definition) is 2. The molecule has 5 nitrogen and oxygen atoms in total. The molecule has 8 heteroatoms. The molecule has 0 bridgehead atoms. The minimum absolute atomic E-state index is 0.00938. The number of benzene rings is 1. The van der Waals surface area contributed by atoms with Gasteiger partial charge in [-0.3, -0.25) is 0 Å². The summed E-state index contributed by atoms with van der Waals surface area (Å²) in [6, 6.07) is 3.15. The van der Waals surface area contributed by atoms with Crippen LogP contribution in [0.5, 0.6) is 5.75 Å². The van der Waals surface area contributed by atoms with Gasteiger partial charge in [0.25, 0.3) is 0 Å². The van der Waals surface area contributed by atoms with Gasteiger partial charge in [0.15, 0.2) is 11.9 Å². The van der Waals surface area contributed by atoms with E-state index in [0.717, 1.165) is 18.2 Å². The molecule has 0 amide bonds. The third kappa shape index (κ3) is 4.02. The molecule has 19 heavy (non-hydrogen) atoms. The van der Waals surface area contributed by atoms with Crippen LogP contribution in [0, 0.1) is 0 Å². The Morgan fingerprint density at radius 1 is 1.37 bits per heavy atom. The lowest BCUT2D eigenvalue weighted by molar-refractivity contribution is -0.274. The van der Waals surface area contributed by atoms with Crippen molar-refractivity contribution in [2.45, 2.75) is 12.5 Å². The Bertz CT molecular complexity index is 473. The molecule has 0 saturated heterocycles. The van der Waals surface area contributed by atoms with Crippen LogP contribution in [0.2, 0.25) is 0 Å². The van der Waals surface area contributed by atoms with Crippen LogP contribution in [0.4, 0.5) is 18.9 Å². The fourth-order valence-electron chi connectivity index (χ4n) is 1.41. The molecule has 0 aliphatic carbocycles. The van der Waals surface area contributed by atoms with E-state index in [2.05, 4.69) is 4.74 Å². The zero-order valence-electron chi connectivity index (χ0n) is 10.1. The van der Waals surface area contributed by atoms with Crippen molar-refractivity contribution in [3.05, 3.63) is 23.8 Å². The molecule has 1 rings (SSSR count). The van der Waals surface area contributed by atoms with Crippen molar-refractivity contribution in [1.82, 2.24) is 0 Å². The van der Waals surface area contributed by atoms with E-state index >= 15 is 0 Å². The van der Waals surface area contributed by atoms with Crippen molar-refractivity contribution in [3.8, 4) is 5.75 Å². The summed E-state index contributed by atoms with van der Waals surface area (Å²) in [6.07, 6.45) is -6.66. The van der Waals surface area contributed by atoms with Crippen molar-refractivity contribution in [2.75, 3.05) is 19.0 Å². The number of rotatable bonds is 4. The summed E-state index contributed by atoms with van der Waals surface area (Å²) < 4.78 is 40.4. The molecule has 1 aromatic rings. The van der Waals surface area contributed by atoms with Gasteiger partial charge in [-0.25, -0.2) is 4.79 Å². The Balaban J connectivity index is 3.19. The average Bonchev–Trinajstić information content (AvgIpc) is 2.26. The fraction of sp³-hybridized carbons (Fsp3) is 0.364. The number of aliphatic hydroxyl groups excluding tert-OH is 1. The Morgan fingerprint density at radius 2 is 1.95 bits per heavy atom. The average molecular weight is 279 g/mol. The molecule has 1 unspecified atom stereocenters. The molecule has 2 N–H and O–H groups in total. The highest BCUT2D eigenvalue weighted by Crippen LogP contribution is 2.34. The molecule has 106 valence electrons. The Hall–Kier alpha value is -1.96. The number of halogens is 3. The number of aliphatic hydroxyl groups is 1. The zero-order valence-corrected chi connectivity index (χ0v) is 10.1.